The summed E-state index contributed by atoms with van der Waals surface area (Å²) < 4.78 is 1.70. The Morgan fingerprint density at radius 2 is 1.96 bits per heavy atom. The highest BCUT2D eigenvalue weighted by molar-refractivity contribution is 5.39. The first-order valence-electron chi connectivity index (χ1n) is 9.14. The predicted molar refractivity (Wildman–Crippen MR) is 97.0 cm³/mol. The number of rotatable bonds is 5. The zero-order valence-electron chi connectivity index (χ0n) is 14.6. The van der Waals surface area contributed by atoms with Crippen LogP contribution in [-0.2, 0) is 6.54 Å². The Balaban J connectivity index is 1.38. The summed E-state index contributed by atoms with van der Waals surface area (Å²) in [6, 6.07) is 2.31. The minimum atomic E-state index is 0.00119. The van der Waals surface area contributed by atoms with E-state index in [9.17, 15) is 4.79 Å². The lowest BCUT2D eigenvalue weighted by Crippen LogP contribution is -2.42. The van der Waals surface area contributed by atoms with E-state index in [4.69, 9.17) is 0 Å². The fraction of sp³-hybridized carbons (Fsp3) is 0.556. The summed E-state index contributed by atoms with van der Waals surface area (Å²) in [5.41, 5.74) is 0.00119. The van der Waals surface area contributed by atoms with Crippen molar-refractivity contribution in [3.8, 4) is 0 Å². The molecule has 0 atom stereocenters. The van der Waals surface area contributed by atoms with Gasteiger partial charge in [0.15, 0.2) is 5.82 Å². The first-order valence-corrected chi connectivity index (χ1v) is 9.14. The Hall–Kier alpha value is -2.44. The normalized spacial score (nSPS) is 18.4. The molecule has 7 heteroatoms. The molecule has 1 aliphatic carbocycles. The number of hydrogen-bond donors (Lipinski definition) is 1. The number of hydrogen-bond acceptors (Lipinski definition) is 6. The van der Waals surface area contributed by atoms with Crippen molar-refractivity contribution in [2.75, 3.05) is 23.3 Å². The maximum Gasteiger partial charge on any atom is 0.293 e. The smallest absolute Gasteiger partial charge is 0.293 e. The number of nitrogens with zero attached hydrogens (tertiary/aromatic N) is 5. The summed E-state index contributed by atoms with van der Waals surface area (Å²) in [5.74, 6) is 3.02. The number of anilines is 2. The lowest BCUT2D eigenvalue weighted by Gasteiger charge is -2.33. The van der Waals surface area contributed by atoms with E-state index in [1.54, 1.807) is 17.0 Å². The molecule has 132 valence electrons. The van der Waals surface area contributed by atoms with Crippen LogP contribution < -0.4 is 15.8 Å². The van der Waals surface area contributed by atoms with Crippen LogP contribution in [0.2, 0.25) is 0 Å². The Kier molecular flexibility index (Phi) is 4.38. The SMILES string of the molecule is CCn1ccnc(N2CCC(Nc3ccnc(C4CC4)n3)CC2)c1=O. The van der Waals surface area contributed by atoms with Gasteiger partial charge in [0.2, 0.25) is 0 Å². The molecule has 0 unspecified atom stereocenters. The fourth-order valence-corrected chi connectivity index (χ4v) is 3.34. The van der Waals surface area contributed by atoms with Gasteiger partial charge in [-0.3, -0.25) is 4.79 Å². The van der Waals surface area contributed by atoms with Crippen LogP contribution in [0, 0.1) is 0 Å². The number of aryl methyl sites for hydroxylation is 1. The van der Waals surface area contributed by atoms with E-state index >= 15 is 0 Å². The predicted octanol–water partition coefficient (Wildman–Crippen LogP) is 2.01. The molecule has 1 N–H and O–H groups in total. The van der Waals surface area contributed by atoms with Gasteiger partial charge in [0.05, 0.1) is 0 Å². The van der Waals surface area contributed by atoms with Crippen LogP contribution in [0.4, 0.5) is 11.6 Å². The van der Waals surface area contributed by atoms with E-state index in [1.807, 2.05) is 19.2 Å². The highest BCUT2D eigenvalue weighted by Gasteiger charge is 2.27. The lowest BCUT2D eigenvalue weighted by atomic mass is 10.1. The Bertz CT molecular complexity index is 792. The van der Waals surface area contributed by atoms with Gasteiger partial charge in [0.25, 0.3) is 5.56 Å². The van der Waals surface area contributed by atoms with Crippen LogP contribution in [0.5, 0.6) is 0 Å². The van der Waals surface area contributed by atoms with Crippen LogP contribution in [0.25, 0.3) is 0 Å². The van der Waals surface area contributed by atoms with Crippen molar-refractivity contribution in [3.05, 3.63) is 40.8 Å². The van der Waals surface area contributed by atoms with E-state index < -0.39 is 0 Å². The van der Waals surface area contributed by atoms with E-state index in [2.05, 4.69) is 25.2 Å². The topological polar surface area (TPSA) is 75.9 Å². The van der Waals surface area contributed by atoms with Crippen LogP contribution in [-0.4, -0.2) is 38.7 Å². The van der Waals surface area contributed by atoms with Crippen LogP contribution in [0.15, 0.2) is 29.5 Å². The molecule has 0 spiro atoms. The van der Waals surface area contributed by atoms with Crippen LogP contribution >= 0.6 is 0 Å². The minimum Gasteiger partial charge on any atom is -0.367 e. The third-order valence-corrected chi connectivity index (χ3v) is 5.00. The van der Waals surface area contributed by atoms with E-state index in [0.29, 0.717) is 24.3 Å². The largest absolute Gasteiger partial charge is 0.367 e. The van der Waals surface area contributed by atoms with Crippen LogP contribution in [0.1, 0.15) is 44.3 Å². The second-order valence-corrected chi connectivity index (χ2v) is 6.82. The Labute approximate surface area is 147 Å². The van der Waals surface area contributed by atoms with Gasteiger partial charge in [-0.15, -0.1) is 0 Å². The van der Waals surface area contributed by atoms with Gasteiger partial charge in [-0.05, 0) is 38.7 Å². The molecule has 25 heavy (non-hydrogen) atoms. The molecule has 7 nitrogen and oxygen atoms in total. The maximum atomic E-state index is 12.4. The molecule has 1 aliphatic heterocycles. The highest BCUT2D eigenvalue weighted by atomic mass is 16.1. The average molecular weight is 340 g/mol. The summed E-state index contributed by atoms with van der Waals surface area (Å²) >= 11 is 0. The van der Waals surface area contributed by atoms with Crippen molar-refractivity contribution in [1.29, 1.82) is 0 Å². The van der Waals surface area contributed by atoms with Gasteiger partial charge < -0.3 is 14.8 Å². The molecule has 0 aromatic carbocycles. The number of piperidine rings is 1. The van der Waals surface area contributed by atoms with Gasteiger partial charge in [0.1, 0.15) is 11.6 Å². The van der Waals surface area contributed by atoms with Crippen molar-refractivity contribution in [1.82, 2.24) is 19.5 Å². The van der Waals surface area contributed by atoms with Crippen LogP contribution in [0.3, 0.4) is 0 Å². The number of nitrogens with one attached hydrogen (secondary N) is 1. The quantitative estimate of drug-likeness (QED) is 0.897. The molecule has 3 heterocycles. The molecule has 4 rings (SSSR count). The molecule has 0 bridgehead atoms. The highest BCUT2D eigenvalue weighted by Crippen LogP contribution is 2.38. The summed E-state index contributed by atoms with van der Waals surface area (Å²) in [7, 11) is 0. The molecule has 0 radical (unpaired) electrons. The van der Waals surface area contributed by atoms with Gasteiger partial charge >= 0.3 is 0 Å². The second kappa shape index (κ2) is 6.82. The fourth-order valence-electron chi connectivity index (χ4n) is 3.34. The maximum absolute atomic E-state index is 12.4. The molecule has 2 aromatic heterocycles. The number of aromatic nitrogens is 4. The summed E-state index contributed by atoms with van der Waals surface area (Å²) in [6.07, 6.45) is 9.65. The summed E-state index contributed by atoms with van der Waals surface area (Å²) in [6.45, 7) is 4.30. The summed E-state index contributed by atoms with van der Waals surface area (Å²) in [5, 5.41) is 3.53. The molecule has 0 amide bonds. The van der Waals surface area contributed by atoms with Crippen molar-refractivity contribution >= 4 is 11.6 Å². The zero-order chi connectivity index (χ0) is 17.2. The minimum absolute atomic E-state index is 0.00119. The Morgan fingerprint density at radius 1 is 1.16 bits per heavy atom. The monoisotopic (exact) mass is 340 g/mol. The first-order chi connectivity index (χ1) is 12.2. The van der Waals surface area contributed by atoms with Gasteiger partial charge in [-0.25, -0.2) is 15.0 Å². The third kappa shape index (κ3) is 3.50. The van der Waals surface area contributed by atoms with Gasteiger partial charge in [-0.1, -0.05) is 0 Å². The molecule has 1 saturated heterocycles. The standard InChI is InChI=1S/C18H24N6O/c1-2-23-12-9-20-17(18(23)25)24-10-6-14(7-11-24)21-15-5-8-19-16(22-15)13-3-4-13/h5,8-9,12-14H,2-4,6-7,10-11H2,1H3,(H,19,21,22). The van der Waals surface area contributed by atoms with E-state index in [-0.39, 0.29) is 5.56 Å². The molecule has 2 aromatic rings. The van der Waals surface area contributed by atoms with Crippen molar-refractivity contribution in [2.24, 2.45) is 0 Å². The summed E-state index contributed by atoms with van der Waals surface area (Å²) in [4.78, 5) is 27.8. The van der Waals surface area contributed by atoms with Gasteiger partial charge in [0, 0.05) is 50.2 Å². The third-order valence-electron chi connectivity index (χ3n) is 5.00. The molecular formula is C18H24N6O. The van der Waals surface area contributed by atoms with E-state index in [1.165, 1.54) is 12.8 Å². The zero-order valence-corrected chi connectivity index (χ0v) is 14.6. The Morgan fingerprint density at radius 3 is 2.68 bits per heavy atom. The molecule has 1 saturated carbocycles. The van der Waals surface area contributed by atoms with E-state index in [0.717, 1.165) is 37.6 Å². The molecule has 2 fully saturated rings. The lowest BCUT2D eigenvalue weighted by molar-refractivity contribution is 0.518. The van der Waals surface area contributed by atoms with Crippen molar-refractivity contribution < 1.29 is 0 Å². The van der Waals surface area contributed by atoms with Gasteiger partial charge in [-0.2, -0.15) is 0 Å². The molecule has 2 aliphatic rings. The first kappa shape index (κ1) is 16.1. The van der Waals surface area contributed by atoms with Crippen molar-refractivity contribution in [2.45, 2.75) is 51.1 Å². The molecular weight excluding hydrogens is 316 g/mol. The average Bonchev–Trinajstić information content (AvgIpc) is 3.48. The van der Waals surface area contributed by atoms with Crippen molar-refractivity contribution in [3.63, 3.8) is 0 Å². The second-order valence-electron chi connectivity index (χ2n) is 6.82.